The van der Waals surface area contributed by atoms with Crippen molar-refractivity contribution in [1.29, 1.82) is 0 Å². The number of alkyl halides is 4. The Balaban J connectivity index is 3.07. The summed E-state index contributed by atoms with van der Waals surface area (Å²) in [5.41, 5.74) is -0.335. The van der Waals surface area contributed by atoms with E-state index in [9.17, 15) is 13.2 Å². The molecule has 1 rings (SSSR count). The van der Waals surface area contributed by atoms with Gasteiger partial charge in [0.05, 0.1) is 0 Å². The van der Waals surface area contributed by atoms with Crippen molar-refractivity contribution in [1.82, 2.24) is 4.98 Å². The van der Waals surface area contributed by atoms with Gasteiger partial charge < -0.3 is 0 Å². The quantitative estimate of drug-likeness (QED) is 0.754. The number of halogens is 4. The van der Waals surface area contributed by atoms with E-state index in [0.29, 0.717) is 5.69 Å². The van der Waals surface area contributed by atoms with Crippen LogP contribution in [-0.2, 0) is 6.18 Å². The summed E-state index contributed by atoms with van der Waals surface area (Å²) in [6.07, 6.45) is -3.62. The molecule has 1 nitrogen and oxygen atoms in total. The lowest BCUT2D eigenvalue weighted by atomic mass is 9.98. The lowest BCUT2D eigenvalue weighted by molar-refractivity contribution is -0.141. The zero-order valence-corrected chi connectivity index (χ0v) is 10.6. The molecular weight excluding hydrogens is 283 g/mol. The van der Waals surface area contributed by atoms with E-state index in [1.165, 1.54) is 6.07 Å². The van der Waals surface area contributed by atoms with Gasteiger partial charge in [-0.2, -0.15) is 13.2 Å². The standard InChI is InChI=1S/C11H13BrF3N/c1-3-8(7(2)12)9-5-4-6-10(16-9)11(13,14)15/h4-8H,3H2,1-2H3. The number of rotatable bonds is 3. The molecule has 1 aromatic rings. The molecule has 0 aromatic carbocycles. The molecule has 0 N–H and O–H groups in total. The van der Waals surface area contributed by atoms with Gasteiger partial charge >= 0.3 is 6.18 Å². The molecule has 0 amide bonds. The second-order valence-electron chi connectivity index (χ2n) is 3.64. The molecule has 0 saturated heterocycles. The molecule has 0 aliphatic heterocycles. The van der Waals surface area contributed by atoms with Crippen LogP contribution in [0, 0.1) is 0 Å². The Morgan fingerprint density at radius 2 is 2.00 bits per heavy atom. The third-order valence-electron chi connectivity index (χ3n) is 2.44. The zero-order valence-electron chi connectivity index (χ0n) is 9.05. The Kier molecular flexibility index (Phi) is 4.35. The van der Waals surface area contributed by atoms with E-state index in [1.54, 1.807) is 6.07 Å². The molecule has 5 heteroatoms. The Bertz CT molecular complexity index is 349. The Morgan fingerprint density at radius 3 is 2.44 bits per heavy atom. The summed E-state index contributed by atoms with van der Waals surface area (Å²) >= 11 is 3.39. The predicted octanol–water partition coefficient (Wildman–Crippen LogP) is 4.38. The first-order chi connectivity index (χ1) is 7.36. The number of aromatic nitrogens is 1. The lowest BCUT2D eigenvalue weighted by Crippen LogP contribution is -2.14. The molecule has 2 atom stereocenters. The molecule has 0 saturated carbocycles. The van der Waals surface area contributed by atoms with Crippen molar-refractivity contribution in [3.8, 4) is 0 Å². The van der Waals surface area contributed by atoms with E-state index < -0.39 is 11.9 Å². The van der Waals surface area contributed by atoms with Gasteiger partial charge in [0.25, 0.3) is 0 Å². The fourth-order valence-electron chi connectivity index (χ4n) is 1.59. The lowest BCUT2D eigenvalue weighted by Gasteiger charge is -2.18. The number of nitrogens with zero attached hydrogens (tertiary/aromatic N) is 1. The zero-order chi connectivity index (χ0) is 12.3. The van der Waals surface area contributed by atoms with Crippen LogP contribution in [0.1, 0.15) is 37.6 Å². The van der Waals surface area contributed by atoms with Crippen molar-refractivity contribution >= 4 is 15.9 Å². The molecule has 0 fully saturated rings. The molecule has 16 heavy (non-hydrogen) atoms. The first kappa shape index (κ1) is 13.5. The summed E-state index contributed by atoms with van der Waals surface area (Å²) in [7, 11) is 0. The summed E-state index contributed by atoms with van der Waals surface area (Å²) in [6.45, 7) is 3.85. The summed E-state index contributed by atoms with van der Waals surface area (Å²) in [4.78, 5) is 3.79. The Labute approximate surface area is 101 Å². The molecule has 90 valence electrons. The van der Waals surface area contributed by atoms with Crippen LogP contribution in [0.25, 0.3) is 0 Å². The first-order valence-corrected chi connectivity index (χ1v) is 5.96. The molecule has 0 spiro atoms. The van der Waals surface area contributed by atoms with Crippen molar-refractivity contribution in [3.05, 3.63) is 29.6 Å². The molecular formula is C11H13BrF3N. The number of hydrogen-bond acceptors (Lipinski definition) is 1. The third kappa shape index (κ3) is 3.20. The van der Waals surface area contributed by atoms with Crippen LogP contribution in [0.5, 0.6) is 0 Å². The average molecular weight is 296 g/mol. The Hall–Kier alpha value is -0.580. The van der Waals surface area contributed by atoms with Gasteiger partial charge in [-0.15, -0.1) is 0 Å². The predicted molar refractivity (Wildman–Crippen MR) is 60.7 cm³/mol. The fourth-order valence-corrected chi connectivity index (χ4v) is 2.23. The minimum atomic E-state index is -4.37. The molecule has 2 unspecified atom stereocenters. The van der Waals surface area contributed by atoms with Crippen LogP contribution in [-0.4, -0.2) is 9.81 Å². The van der Waals surface area contributed by atoms with Crippen LogP contribution < -0.4 is 0 Å². The van der Waals surface area contributed by atoms with Crippen molar-refractivity contribution in [2.75, 3.05) is 0 Å². The van der Waals surface area contributed by atoms with Crippen LogP contribution in [0.4, 0.5) is 13.2 Å². The second-order valence-corrected chi connectivity index (χ2v) is 5.08. The first-order valence-electron chi connectivity index (χ1n) is 5.04. The number of pyridine rings is 1. The van der Waals surface area contributed by atoms with Gasteiger partial charge in [0.1, 0.15) is 5.69 Å². The van der Waals surface area contributed by atoms with Gasteiger partial charge in [-0.3, -0.25) is 0 Å². The highest BCUT2D eigenvalue weighted by molar-refractivity contribution is 9.09. The van der Waals surface area contributed by atoms with Crippen molar-refractivity contribution < 1.29 is 13.2 Å². The van der Waals surface area contributed by atoms with Crippen LogP contribution in [0.2, 0.25) is 0 Å². The average Bonchev–Trinajstić information content (AvgIpc) is 2.17. The maximum Gasteiger partial charge on any atom is 0.433 e. The van der Waals surface area contributed by atoms with E-state index in [0.717, 1.165) is 12.5 Å². The molecule has 0 bridgehead atoms. The molecule has 1 heterocycles. The van der Waals surface area contributed by atoms with Crippen molar-refractivity contribution in [2.24, 2.45) is 0 Å². The van der Waals surface area contributed by atoms with Gasteiger partial charge in [-0.1, -0.05) is 35.8 Å². The second kappa shape index (κ2) is 5.17. The van der Waals surface area contributed by atoms with E-state index >= 15 is 0 Å². The molecule has 0 radical (unpaired) electrons. The largest absolute Gasteiger partial charge is 0.433 e. The number of hydrogen-bond donors (Lipinski definition) is 0. The maximum atomic E-state index is 12.5. The smallest absolute Gasteiger partial charge is 0.248 e. The molecule has 0 aliphatic rings. The van der Waals surface area contributed by atoms with Crippen LogP contribution in [0.15, 0.2) is 18.2 Å². The highest BCUT2D eigenvalue weighted by atomic mass is 79.9. The minimum absolute atomic E-state index is 0.00213. The molecule has 1 aromatic heterocycles. The van der Waals surface area contributed by atoms with Gasteiger partial charge in [0.15, 0.2) is 0 Å². The highest BCUT2D eigenvalue weighted by Crippen LogP contribution is 2.31. The summed E-state index contributed by atoms with van der Waals surface area (Å²) in [5, 5.41) is 0. The van der Waals surface area contributed by atoms with Gasteiger partial charge in [0.2, 0.25) is 0 Å². The van der Waals surface area contributed by atoms with Crippen LogP contribution >= 0.6 is 15.9 Å². The SMILES string of the molecule is CCC(c1cccc(C(F)(F)F)n1)C(C)Br. The van der Waals surface area contributed by atoms with Gasteiger partial charge in [-0.05, 0) is 18.6 Å². The van der Waals surface area contributed by atoms with E-state index in [4.69, 9.17) is 0 Å². The van der Waals surface area contributed by atoms with Gasteiger partial charge in [0, 0.05) is 16.4 Å². The maximum absolute atomic E-state index is 12.5. The van der Waals surface area contributed by atoms with Crippen LogP contribution in [0.3, 0.4) is 0 Å². The Morgan fingerprint density at radius 1 is 1.38 bits per heavy atom. The van der Waals surface area contributed by atoms with E-state index in [2.05, 4.69) is 20.9 Å². The van der Waals surface area contributed by atoms with Crippen molar-refractivity contribution in [3.63, 3.8) is 0 Å². The third-order valence-corrected chi connectivity index (χ3v) is 3.07. The van der Waals surface area contributed by atoms with E-state index in [-0.39, 0.29) is 10.7 Å². The monoisotopic (exact) mass is 295 g/mol. The highest BCUT2D eigenvalue weighted by Gasteiger charge is 2.33. The molecule has 0 aliphatic carbocycles. The van der Waals surface area contributed by atoms with E-state index in [1.807, 2.05) is 13.8 Å². The fraction of sp³-hybridized carbons (Fsp3) is 0.545. The topological polar surface area (TPSA) is 12.9 Å². The normalized spacial score (nSPS) is 15.9. The summed E-state index contributed by atoms with van der Waals surface area (Å²) in [6, 6.07) is 4.04. The minimum Gasteiger partial charge on any atom is -0.248 e. The van der Waals surface area contributed by atoms with Gasteiger partial charge in [-0.25, -0.2) is 4.98 Å². The summed E-state index contributed by atoms with van der Waals surface area (Å²) < 4.78 is 37.4. The summed E-state index contributed by atoms with van der Waals surface area (Å²) in [5.74, 6) is 0.00213. The van der Waals surface area contributed by atoms with Crippen molar-refractivity contribution in [2.45, 2.75) is 37.2 Å².